The molecular formula is C17H16FN3. The minimum absolute atomic E-state index is 0.356. The van der Waals surface area contributed by atoms with Gasteiger partial charge in [-0.05, 0) is 54.3 Å². The predicted octanol–water partition coefficient (Wildman–Crippen LogP) is 3.23. The maximum absolute atomic E-state index is 13.5. The van der Waals surface area contributed by atoms with Crippen molar-refractivity contribution in [2.75, 3.05) is 17.2 Å². The van der Waals surface area contributed by atoms with Crippen LogP contribution in [-0.4, -0.2) is 6.54 Å². The van der Waals surface area contributed by atoms with Crippen molar-refractivity contribution < 1.29 is 4.39 Å². The molecule has 0 saturated heterocycles. The van der Waals surface area contributed by atoms with Gasteiger partial charge in [0.2, 0.25) is 0 Å². The number of nitrogens with zero attached hydrogens (tertiary/aromatic N) is 2. The van der Waals surface area contributed by atoms with Gasteiger partial charge in [-0.3, -0.25) is 0 Å². The van der Waals surface area contributed by atoms with E-state index in [0.29, 0.717) is 12.1 Å². The molecule has 0 unspecified atom stereocenters. The molecule has 0 atom stereocenters. The summed E-state index contributed by atoms with van der Waals surface area (Å²) in [6, 6.07) is 12.4. The third kappa shape index (κ3) is 2.82. The van der Waals surface area contributed by atoms with Crippen LogP contribution in [0.4, 0.5) is 15.8 Å². The van der Waals surface area contributed by atoms with E-state index in [4.69, 9.17) is 11.0 Å². The fraction of sp³-hybridized carbons (Fsp3) is 0.235. The topological polar surface area (TPSA) is 53.0 Å². The van der Waals surface area contributed by atoms with Crippen LogP contribution in [0.5, 0.6) is 0 Å². The fourth-order valence-corrected chi connectivity index (χ4v) is 2.86. The number of hydrogen-bond donors (Lipinski definition) is 1. The van der Waals surface area contributed by atoms with Crippen LogP contribution in [-0.2, 0) is 13.0 Å². The summed E-state index contributed by atoms with van der Waals surface area (Å²) in [6.45, 7) is 1.50. The SMILES string of the molecule is N#Cc1cc(F)cc(CN2CCCc3ccc(N)cc32)c1. The van der Waals surface area contributed by atoms with E-state index in [0.717, 1.165) is 36.3 Å². The highest BCUT2D eigenvalue weighted by molar-refractivity contribution is 5.62. The Morgan fingerprint density at radius 1 is 1.24 bits per heavy atom. The van der Waals surface area contributed by atoms with E-state index >= 15 is 0 Å². The van der Waals surface area contributed by atoms with E-state index in [9.17, 15) is 4.39 Å². The largest absolute Gasteiger partial charge is 0.399 e. The normalized spacial score (nSPS) is 13.6. The molecule has 0 aromatic heterocycles. The molecule has 0 radical (unpaired) electrons. The first-order valence-corrected chi connectivity index (χ1v) is 6.98. The van der Waals surface area contributed by atoms with Gasteiger partial charge >= 0.3 is 0 Å². The van der Waals surface area contributed by atoms with Gasteiger partial charge in [-0.2, -0.15) is 5.26 Å². The summed E-state index contributed by atoms with van der Waals surface area (Å²) in [5, 5.41) is 8.94. The lowest BCUT2D eigenvalue weighted by Crippen LogP contribution is -2.29. The van der Waals surface area contributed by atoms with Crippen LogP contribution in [0.15, 0.2) is 36.4 Å². The van der Waals surface area contributed by atoms with Gasteiger partial charge in [-0.25, -0.2) is 4.39 Å². The minimum atomic E-state index is -0.367. The number of nitriles is 1. The van der Waals surface area contributed by atoms with E-state index in [1.165, 1.54) is 17.7 Å². The van der Waals surface area contributed by atoms with Crippen molar-refractivity contribution in [2.45, 2.75) is 19.4 Å². The van der Waals surface area contributed by atoms with E-state index in [-0.39, 0.29) is 5.82 Å². The summed E-state index contributed by atoms with van der Waals surface area (Å²) in [5.74, 6) is -0.367. The number of hydrogen-bond acceptors (Lipinski definition) is 3. The monoisotopic (exact) mass is 281 g/mol. The zero-order valence-corrected chi connectivity index (χ0v) is 11.6. The molecule has 2 aromatic rings. The smallest absolute Gasteiger partial charge is 0.124 e. The van der Waals surface area contributed by atoms with Crippen molar-refractivity contribution in [3.8, 4) is 6.07 Å². The average molecular weight is 281 g/mol. The second kappa shape index (κ2) is 5.45. The molecular weight excluding hydrogens is 265 g/mol. The van der Waals surface area contributed by atoms with E-state index in [1.807, 2.05) is 18.2 Å². The number of fused-ring (bicyclic) bond motifs is 1. The van der Waals surface area contributed by atoms with Crippen LogP contribution >= 0.6 is 0 Å². The molecule has 0 fully saturated rings. The molecule has 0 amide bonds. The summed E-state index contributed by atoms with van der Waals surface area (Å²) >= 11 is 0. The average Bonchev–Trinajstić information content (AvgIpc) is 2.47. The van der Waals surface area contributed by atoms with Gasteiger partial charge in [0.15, 0.2) is 0 Å². The van der Waals surface area contributed by atoms with Crippen molar-refractivity contribution in [1.82, 2.24) is 0 Å². The predicted molar refractivity (Wildman–Crippen MR) is 81.3 cm³/mol. The lowest BCUT2D eigenvalue weighted by atomic mass is 10.00. The first-order chi connectivity index (χ1) is 10.2. The molecule has 1 heterocycles. The number of nitrogen functional groups attached to an aromatic ring is 1. The Hall–Kier alpha value is -2.54. The molecule has 0 aliphatic carbocycles. The van der Waals surface area contributed by atoms with Gasteiger partial charge in [0.05, 0.1) is 11.6 Å². The fourth-order valence-electron chi connectivity index (χ4n) is 2.86. The Balaban J connectivity index is 1.92. The first-order valence-electron chi connectivity index (χ1n) is 6.98. The third-order valence-corrected chi connectivity index (χ3v) is 3.78. The Labute approximate surface area is 123 Å². The summed E-state index contributed by atoms with van der Waals surface area (Å²) < 4.78 is 13.5. The molecule has 1 aliphatic heterocycles. The maximum atomic E-state index is 13.5. The quantitative estimate of drug-likeness (QED) is 0.860. The van der Waals surface area contributed by atoms with Crippen molar-refractivity contribution in [2.24, 2.45) is 0 Å². The van der Waals surface area contributed by atoms with E-state index < -0.39 is 0 Å². The Bertz CT molecular complexity index is 718. The number of halogens is 1. The molecule has 21 heavy (non-hydrogen) atoms. The summed E-state index contributed by atoms with van der Waals surface area (Å²) in [5.41, 5.74) is 10.2. The van der Waals surface area contributed by atoms with Gasteiger partial charge in [-0.1, -0.05) is 6.07 Å². The summed E-state index contributed by atoms with van der Waals surface area (Å²) in [4.78, 5) is 2.20. The molecule has 2 aromatic carbocycles. The molecule has 0 spiro atoms. The van der Waals surface area contributed by atoms with E-state index in [1.54, 1.807) is 6.07 Å². The molecule has 3 rings (SSSR count). The highest BCUT2D eigenvalue weighted by Crippen LogP contribution is 2.30. The molecule has 3 nitrogen and oxygen atoms in total. The zero-order chi connectivity index (χ0) is 14.8. The first kappa shape index (κ1) is 13.4. The molecule has 2 N–H and O–H groups in total. The number of aryl methyl sites for hydroxylation is 1. The second-order valence-electron chi connectivity index (χ2n) is 5.37. The zero-order valence-electron chi connectivity index (χ0n) is 11.6. The molecule has 0 saturated carbocycles. The second-order valence-corrected chi connectivity index (χ2v) is 5.37. The Morgan fingerprint density at radius 2 is 2.10 bits per heavy atom. The van der Waals surface area contributed by atoms with Crippen molar-refractivity contribution >= 4 is 11.4 Å². The summed E-state index contributed by atoms with van der Waals surface area (Å²) in [7, 11) is 0. The van der Waals surface area contributed by atoms with Crippen molar-refractivity contribution in [3.63, 3.8) is 0 Å². The van der Waals surface area contributed by atoms with Crippen molar-refractivity contribution in [1.29, 1.82) is 5.26 Å². The van der Waals surface area contributed by atoms with Crippen LogP contribution in [0, 0.1) is 17.1 Å². The van der Waals surface area contributed by atoms with E-state index in [2.05, 4.69) is 11.0 Å². The molecule has 106 valence electrons. The van der Waals surface area contributed by atoms with Gasteiger partial charge in [0, 0.05) is 24.5 Å². The summed E-state index contributed by atoms with van der Waals surface area (Å²) in [6.07, 6.45) is 2.11. The Morgan fingerprint density at radius 3 is 2.90 bits per heavy atom. The van der Waals surface area contributed by atoms with Gasteiger partial charge in [0.25, 0.3) is 0 Å². The van der Waals surface area contributed by atoms with Gasteiger partial charge in [-0.15, -0.1) is 0 Å². The van der Waals surface area contributed by atoms with Crippen LogP contribution < -0.4 is 10.6 Å². The standard InChI is InChI=1S/C17H16FN3/c18-15-7-12(10-19)6-13(8-15)11-21-5-1-2-14-3-4-16(20)9-17(14)21/h3-4,6-9H,1-2,5,11,20H2. The number of anilines is 2. The molecule has 0 bridgehead atoms. The highest BCUT2D eigenvalue weighted by atomic mass is 19.1. The van der Waals surface area contributed by atoms with Gasteiger partial charge < -0.3 is 10.6 Å². The van der Waals surface area contributed by atoms with Crippen LogP contribution in [0.3, 0.4) is 0 Å². The molecule has 4 heteroatoms. The number of rotatable bonds is 2. The van der Waals surface area contributed by atoms with Crippen LogP contribution in [0.1, 0.15) is 23.1 Å². The van der Waals surface area contributed by atoms with Crippen LogP contribution in [0.2, 0.25) is 0 Å². The lowest BCUT2D eigenvalue weighted by molar-refractivity contribution is 0.622. The minimum Gasteiger partial charge on any atom is -0.399 e. The van der Waals surface area contributed by atoms with Gasteiger partial charge in [0.1, 0.15) is 5.82 Å². The number of benzene rings is 2. The van der Waals surface area contributed by atoms with Crippen molar-refractivity contribution in [3.05, 3.63) is 58.9 Å². The highest BCUT2D eigenvalue weighted by Gasteiger charge is 2.17. The maximum Gasteiger partial charge on any atom is 0.124 e. The third-order valence-electron chi connectivity index (χ3n) is 3.78. The number of nitrogens with two attached hydrogens (primary N) is 1. The Kier molecular flexibility index (Phi) is 3.49. The van der Waals surface area contributed by atoms with Crippen LogP contribution in [0.25, 0.3) is 0 Å². The lowest BCUT2D eigenvalue weighted by Gasteiger charge is -2.31. The molecule has 1 aliphatic rings.